The Morgan fingerprint density at radius 2 is 1.59 bits per heavy atom. The molecule has 1 atom stereocenters. The molecule has 0 aliphatic heterocycles. The molecule has 5 aliphatic carbocycles. The van der Waals surface area contributed by atoms with Crippen molar-refractivity contribution in [3.05, 3.63) is 24.5 Å². The second kappa shape index (κ2) is 8.72. The van der Waals surface area contributed by atoms with E-state index in [9.17, 15) is 14.4 Å². The highest BCUT2D eigenvalue weighted by Gasteiger charge is 2.53. The van der Waals surface area contributed by atoms with Crippen LogP contribution < -0.4 is 0 Å². The zero-order chi connectivity index (χ0) is 21.2. The van der Waals surface area contributed by atoms with E-state index < -0.39 is 11.7 Å². The van der Waals surface area contributed by atoms with Crippen LogP contribution in [0.1, 0.15) is 71.1 Å². The van der Waals surface area contributed by atoms with E-state index in [1.807, 2.05) is 0 Å². The molecule has 160 valence electrons. The van der Waals surface area contributed by atoms with Gasteiger partial charge in [0, 0.05) is 18.4 Å². The van der Waals surface area contributed by atoms with Gasteiger partial charge in [-0.15, -0.1) is 0 Å². The number of aliphatic hydroxyl groups is 1. The van der Waals surface area contributed by atoms with Gasteiger partial charge < -0.3 is 14.6 Å². The SMILES string of the molecule is C=C(C)C(=O)OC12CC3CC(CC(C3)C1)C2.C=C(O)C(=O)OC1CCCC(=O)C1. The Kier molecular flexibility index (Phi) is 6.49. The fourth-order valence-electron chi connectivity index (χ4n) is 5.74. The van der Waals surface area contributed by atoms with Crippen LogP contribution in [0.25, 0.3) is 0 Å². The van der Waals surface area contributed by atoms with Gasteiger partial charge in [0.1, 0.15) is 17.5 Å². The van der Waals surface area contributed by atoms with Crippen LogP contribution in [0.3, 0.4) is 0 Å². The summed E-state index contributed by atoms with van der Waals surface area (Å²) in [7, 11) is 0. The second-order valence-electron chi connectivity index (χ2n) is 9.38. The highest BCUT2D eigenvalue weighted by Crippen LogP contribution is 2.57. The summed E-state index contributed by atoms with van der Waals surface area (Å²) in [6.07, 6.45) is 9.34. The highest BCUT2D eigenvalue weighted by atomic mass is 16.6. The first kappa shape index (κ1) is 21.6. The smallest absolute Gasteiger partial charge is 0.373 e. The molecule has 5 aliphatic rings. The number of Topliss-reactive ketones (excluding diaryl/α,β-unsaturated/α-hetero) is 1. The summed E-state index contributed by atoms with van der Waals surface area (Å²) < 4.78 is 10.6. The molecular formula is C23H32O6. The summed E-state index contributed by atoms with van der Waals surface area (Å²) in [5.74, 6) is 0.949. The van der Waals surface area contributed by atoms with Gasteiger partial charge in [-0.1, -0.05) is 6.58 Å². The van der Waals surface area contributed by atoms with Crippen LogP contribution >= 0.6 is 0 Å². The zero-order valence-corrected chi connectivity index (χ0v) is 17.3. The van der Waals surface area contributed by atoms with E-state index in [2.05, 4.69) is 13.2 Å². The molecule has 0 aromatic rings. The number of rotatable bonds is 4. The lowest BCUT2D eigenvalue weighted by molar-refractivity contribution is -0.182. The Morgan fingerprint density at radius 1 is 1.03 bits per heavy atom. The van der Waals surface area contributed by atoms with Crippen LogP contribution in [0.4, 0.5) is 0 Å². The topological polar surface area (TPSA) is 89.9 Å². The van der Waals surface area contributed by atoms with Crippen molar-refractivity contribution in [3.63, 3.8) is 0 Å². The van der Waals surface area contributed by atoms with Gasteiger partial charge in [0.05, 0.1) is 0 Å². The van der Waals surface area contributed by atoms with E-state index >= 15 is 0 Å². The third-order valence-electron chi connectivity index (χ3n) is 6.59. The molecule has 0 radical (unpaired) electrons. The van der Waals surface area contributed by atoms with E-state index in [1.165, 1.54) is 19.3 Å². The first-order valence-corrected chi connectivity index (χ1v) is 10.6. The van der Waals surface area contributed by atoms with Gasteiger partial charge in [0.15, 0.2) is 5.76 Å². The predicted molar refractivity (Wildman–Crippen MR) is 107 cm³/mol. The average Bonchev–Trinajstić information content (AvgIpc) is 2.60. The van der Waals surface area contributed by atoms with Gasteiger partial charge in [-0.05, 0) is 82.6 Å². The minimum atomic E-state index is -0.834. The number of carbonyl (C=O) groups excluding carboxylic acids is 3. The maximum absolute atomic E-state index is 11.7. The number of aliphatic hydroxyl groups excluding tert-OH is 1. The Bertz CT molecular complexity index is 671. The van der Waals surface area contributed by atoms with Gasteiger partial charge in [0.2, 0.25) is 0 Å². The molecule has 4 bridgehead atoms. The van der Waals surface area contributed by atoms with Crippen LogP contribution in [0.15, 0.2) is 24.5 Å². The quantitative estimate of drug-likeness (QED) is 0.429. The number of hydrogen-bond donors (Lipinski definition) is 1. The summed E-state index contributed by atoms with van der Waals surface area (Å²) >= 11 is 0. The van der Waals surface area contributed by atoms with Crippen LogP contribution in [0.2, 0.25) is 0 Å². The van der Waals surface area contributed by atoms with Crippen molar-refractivity contribution in [2.45, 2.75) is 82.8 Å². The third-order valence-corrected chi connectivity index (χ3v) is 6.59. The van der Waals surface area contributed by atoms with Crippen molar-refractivity contribution in [2.75, 3.05) is 0 Å². The summed E-state index contributed by atoms with van der Waals surface area (Å²) in [6.45, 7) is 8.45. The normalized spacial score (nSPS) is 34.6. The monoisotopic (exact) mass is 404 g/mol. The van der Waals surface area contributed by atoms with Gasteiger partial charge in [0.25, 0.3) is 0 Å². The van der Waals surface area contributed by atoms with E-state index in [1.54, 1.807) is 6.92 Å². The Hall–Kier alpha value is -2.11. The van der Waals surface area contributed by atoms with Crippen LogP contribution in [0.5, 0.6) is 0 Å². The largest absolute Gasteiger partial charge is 0.502 e. The molecule has 0 heterocycles. The van der Waals surface area contributed by atoms with E-state index in [0.717, 1.165) is 43.4 Å². The maximum Gasteiger partial charge on any atom is 0.373 e. The van der Waals surface area contributed by atoms with E-state index in [0.29, 0.717) is 18.4 Å². The molecule has 1 N–H and O–H groups in total. The Labute approximate surface area is 172 Å². The third kappa shape index (κ3) is 5.49. The lowest BCUT2D eigenvalue weighted by Gasteiger charge is -2.55. The standard InChI is InChI=1S/C14H20O2.C9H12O4/c1-9(2)13(15)16-14-6-10-3-11(7-14)5-12(4-10)8-14;1-6(10)9(12)13-8-4-2-3-7(11)5-8/h10-12H,1,3-8H2,2H3;8,10H,1-5H2. The lowest BCUT2D eigenvalue weighted by atomic mass is 9.54. The summed E-state index contributed by atoms with van der Waals surface area (Å²) in [5.41, 5.74) is 0.431. The van der Waals surface area contributed by atoms with Crippen molar-refractivity contribution in [1.82, 2.24) is 0 Å². The average molecular weight is 405 g/mol. The molecule has 6 heteroatoms. The molecular weight excluding hydrogens is 372 g/mol. The first-order valence-electron chi connectivity index (χ1n) is 10.6. The lowest BCUT2D eigenvalue weighted by Crippen LogP contribution is -2.52. The summed E-state index contributed by atoms with van der Waals surface area (Å²) in [4.78, 5) is 33.5. The highest BCUT2D eigenvalue weighted by molar-refractivity contribution is 5.87. The molecule has 0 amide bonds. The number of hydrogen-bond acceptors (Lipinski definition) is 6. The fourth-order valence-corrected chi connectivity index (χ4v) is 5.74. The Balaban J connectivity index is 0.000000170. The molecule has 5 saturated carbocycles. The fraction of sp³-hybridized carbons (Fsp3) is 0.696. The van der Waals surface area contributed by atoms with Crippen LogP contribution in [-0.4, -0.2) is 34.5 Å². The van der Waals surface area contributed by atoms with Crippen molar-refractivity contribution >= 4 is 17.7 Å². The molecule has 0 spiro atoms. The molecule has 6 nitrogen and oxygen atoms in total. The van der Waals surface area contributed by atoms with Crippen molar-refractivity contribution in [2.24, 2.45) is 17.8 Å². The maximum atomic E-state index is 11.7. The molecule has 5 rings (SSSR count). The van der Waals surface area contributed by atoms with Gasteiger partial charge in [-0.25, -0.2) is 9.59 Å². The van der Waals surface area contributed by atoms with Crippen LogP contribution in [0, 0.1) is 17.8 Å². The minimum Gasteiger partial charge on any atom is -0.502 e. The zero-order valence-electron chi connectivity index (χ0n) is 17.3. The second-order valence-corrected chi connectivity index (χ2v) is 9.38. The van der Waals surface area contributed by atoms with Crippen molar-refractivity contribution in [1.29, 1.82) is 0 Å². The Morgan fingerprint density at radius 3 is 2.03 bits per heavy atom. The number of carbonyl (C=O) groups is 3. The van der Waals surface area contributed by atoms with Crippen molar-refractivity contribution in [3.8, 4) is 0 Å². The number of ketones is 1. The van der Waals surface area contributed by atoms with Gasteiger partial charge >= 0.3 is 11.9 Å². The number of ether oxygens (including phenoxy) is 2. The molecule has 0 saturated heterocycles. The number of esters is 2. The molecule has 5 fully saturated rings. The predicted octanol–water partition coefficient (Wildman–Crippen LogP) is 4.19. The minimum absolute atomic E-state index is 0.104. The molecule has 0 aromatic carbocycles. The molecule has 0 aromatic heterocycles. The summed E-state index contributed by atoms with van der Waals surface area (Å²) in [5, 5.41) is 8.66. The van der Waals surface area contributed by atoms with E-state index in [-0.39, 0.29) is 29.9 Å². The van der Waals surface area contributed by atoms with Crippen LogP contribution in [-0.2, 0) is 23.9 Å². The molecule has 29 heavy (non-hydrogen) atoms. The van der Waals surface area contributed by atoms with Crippen molar-refractivity contribution < 1.29 is 29.0 Å². The summed E-state index contributed by atoms with van der Waals surface area (Å²) in [6, 6.07) is 0. The first-order chi connectivity index (χ1) is 13.7. The van der Waals surface area contributed by atoms with Gasteiger partial charge in [-0.3, -0.25) is 4.79 Å². The van der Waals surface area contributed by atoms with Gasteiger partial charge in [-0.2, -0.15) is 0 Å². The van der Waals surface area contributed by atoms with E-state index in [4.69, 9.17) is 14.6 Å². The molecule has 1 unspecified atom stereocenters.